The highest BCUT2D eigenvalue weighted by Crippen LogP contribution is 2.32. The number of fused-ring (bicyclic) bond motifs is 1. The summed E-state index contributed by atoms with van der Waals surface area (Å²) < 4.78 is 5.80. The number of ketones is 1. The van der Waals surface area contributed by atoms with Crippen molar-refractivity contribution in [3.8, 4) is 5.75 Å². The van der Waals surface area contributed by atoms with Crippen molar-refractivity contribution in [2.24, 2.45) is 5.92 Å². The van der Waals surface area contributed by atoms with Crippen LogP contribution in [-0.2, 0) is 19.4 Å². The molecule has 1 heterocycles. The van der Waals surface area contributed by atoms with Crippen LogP contribution in [0.5, 0.6) is 5.75 Å². The highest BCUT2D eigenvalue weighted by molar-refractivity contribution is 6.02. The molecule has 0 saturated carbocycles. The van der Waals surface area contributed by atoms with Gasteiger partial charge in [-0.25, -0.2) is 0 Å². The molecule has 0 N–H and O–H groups in total. The normalized spacial score (nSPS) is 15.8. The number of hydrogen-bond acceptors (Lipinski definition) is 3. The third-order valence-corrected chi connectivity index (χ3v) is 4.62. The number of Topliss-reactive ketones (excluding diaryl/α,β-unsaturated/α-hetero) is 1. The van der Waals surface area contributed by atoms with Crippen molar-refractivity contribution in [1.29, 1.82) is 0 Å². The van der Waals surface area contributed by atoms with Crippen molar-refractivity contribution < 1.29 is 9.53 Å². The van der Waals surface area contributed by atoms with E-state index in [0.717, 1.165) is 35.4 Å². The van der Waals surface area contributed by atoms with Crippen molar-refractivity contribution in [2.75, 3.05) is 0 Å². The maximum atomic E-state index is 12.8. The third-order valence-electron chi connectivity index (χ3n) is 4.62. The topological polar surface area (TPSA) is 39.2 Å². The Hall–Kier alpha value is -2.94. The van der Waals surface area contributed by atoms with Gasteiger partial charge in [0.05, 0.1) is 5.69 Å². The Labute approximate surface area is 147 Å². The second kappa shape index (κ2) is 6.89. The van der Waals surface area contributed by atoms with E-state index in [1.807, 2.05) is 54.6 Å². The first-order valence-corrected chi connectivity index (χ1v) is 8.53. The Morgan fingerprint density at radius 2 is 1.84 bits per heavy atom. The van der Waals surface area contributed by atoms with Crippen LogP contribution in [0, 0.1) is 5.92 Å². The summed E-state index contributed by atoms with van der Waals surface area (Å²) in [6, 6.07) is 21.8. The predicted molar refractivity (Wildman–Crippen MR) is 96.7 cm³/mol. The van der Waals surface area contributed by atoms with Gasteiger partial charge < -0.3 is 4.74 Å². The molecule has 1 aliphatic rings. The largest absolute Gasteiger partial charge is 0.487 e. The molecule has 1 aromatic heterocycles. The lowest BCUT2D eigenvalue weighted by Gasteiger charge is -2.08. The molecule has 124 valence electrons. The number of pyridine rings is 1. The van der Waals surface area contributed by atoms with Crippen LogP contribution in [0.25, 0.3) is 0 Å². The van der Waals surface area contributed by atoms with Gasteiger partial charge in [-0.3, -0.25) is 9.78 Å². The standard InChI is InChI=1S/C22H19NO2/c24-22-18(12-16-6-2-1-3-7-16)13-17-9-10-20(14-21(17)22)25-15-19-8-4-5-11-23-19/h1-11,14,18H,12-13,15H2. The lowest BCUT2D eigenvalue weighted by Crippen LogP contribution is -2.12. The molecule has 25 heavy (non-hydrogen) atoms. The lowest BCUT2D eigenvalue weighted by atomic mass is 9.96. The van der Waals surface area contributed by atoms with Crippen molar-refractivity contribution >= 4 is 5.78 Å². The summed E-state index contributed by atoms with van der Waals surface area (Å²) in [4.78, 5) is 17.0. The minimum Gasteiger partial charge on any atom is -0.487 e. The van der Waals surface area contributed by atoms with Gasteiger partial charge in [0, 0.05) is 17.7 Å². The SMILES string of the molecule is O=C1c2cc(OCc3ccccn3)ccc2CC1Cc1ccccc1. The van der Waals surface area contributed by atoms with Gasteiger partial charge >= 0.3 is 0 Å². The molecule has 1 aliphatic carbocycles. The van der Waals surface area contributed by atoms with Gasteiger partial charge in [-0.15, -0.1) is 0 Å². The Morgan fingerprint density at radius 3 is 2.64 bits per heavy atom. The van der Waals surface area contributed by atoms with E-state index in [1.54, 1.807) is 6.20 Å². The van der Waals surface area contributed by atoms with Crippen LogP contribution < -0.4 is 4.74 Å². The second-order valence-corrected chi connectivity index (χ2v) is 6.38. The zero-order valence-corrected chi connectivity index (χ0v) is 13.9. The molecule has 0 bridgehead atoms. The van der Waals surface area contributed by atoms with Crippen molar-refractivity contribution in [2.45, 2.75) is 19.4 Å². The van der Waals surface area contributed by atoms with E-state index in [2.05, 4.69) is 17.1 Å². The molecular formula is C22H19NO2. The molecule has 0 amide bonds. The molecule has 1 unspecified atom stereocenters. The van der Waals surface area contributed by atoms with Crippen LogP contribution in [0.3, 0.4) is 0 Å². The molecule has 3 nitrogen and oxygen atoms in total. The number of benzene rings is 2. The van der Waals surface area contributed by atoms with E-state index >= 15 is 0 Å². The molecule has 0 fully saturated rings. The molecule has 3 heteroatoms. The summed E-state index contributed by atoms with van der Waals surface area (Å²) in [6.07, 6.45) is 3.35. The molecule has 0 radical (unpaired) electrons. The minimum atomic E-state index is 0.0310. The predicted octanol–water partition coefficient (Wildman–Crippen LogP) is 4.26. The fourth-order valence-electron chi connectivity index (χ4n) is 3.34. The number of hydrogen-bond donors (Lipinski definition) is 0. The maximum Gasteiger partial charge on any atom is 0.167 e. The number of aromatic nitrogens is 1. The van der Waals surface area contributed by atoms with Gasteiger partial charge in [0.1, 0.15) is 12.4 Å². The van der Waals surface area contributed by atoms with Gasteiger partial charge in [-0.2, -0.15) is 0 Å². The first-order chi connectivity index (χ1) is 12.3. The average Bonchev–Trinajstić information content (AvgIpc) is 2.97. The third kappa shape index (κ3) is 3.45. The number of carbonyl (C=O) groups is 1. The molecular weight excluding hydrogens is 310 g/mol. The molecule has 3 aromatic rings. The van der Waals surface area contributed by atoms with E-state index in [0.29, 0.717) is 6.61 Å². The van der Waals surface area contributed by atoms with E-state index in [-0.39, 0.29) is 11.7 Å². The molecule has 2 aromatic carbocycles. The monoisotopic (exact) mass is 329 g/mol. The number of rotatable bonds is 5. The number of nitrogens with zero attached hydrogens (tertiary/aromatic N) is 1. The lowest BCUT2D eigenvalue weighted by molar-refractivity contribution is 0.0936. The first-order valence-electron chi connectivity index (χ1n) is 8.53. The van der Waals surface area contributed by atoms with Gasteiger partial charge in [-0.05, 0) is 48.2 Å². The fourth-order valence-corrected chi connectivity index (χ4v) is 3.34. The molecule has 0 spiro atoms. The molecule has 0 saturated heterocycles. The van der Waals surface area contributed by atoms with Crippen LogP contribution >= 0.6 is 0 Å². The molecule has 1 atom stereocenters. The second-order valence-electron chi connectivity index (χ2n) is 6.38. The van der Waals surface area contributed by atoms with Crippen LogP contribution in [0.2, 0.25) is 0 Å². The van der Waals surface area contributed by atoms with Crippen molar-refractivity contribution in [3.05, 3.63) is 95.3 Å². The summed E-state index contributed by atoms with van der Waals surface area (Å²) in [6.45, 7) is 0.404. The van der Waals surface area contributed by atoms with E-state index in [4.69, 9.17) is 4.74 Å². The zero-order valence-electron chi connectivity index (χ0n) is 13.9. The average molecular weight is 329 g/mol. The molecule has 0 aliphatic heterocycles. The van der Waals surface area contributed by atoms with Crippen LogP contribution in [0.4, 0.5) is 0 Å². The van der Waals surface area contributed by atoms with Gasteiger partial charge in [0.15, 0.2) is 5.78 Å². The highest BCUT2D eigenvalue weighted by atomic mass is 16.5. The van der Waals surface area contributed by atoms with E-state index in [1.165, 1.54) is 5.56 Å². The zero-order chi connectivity index (χ0) is 17.1. The summed E-state index contributed by atoms with van der Waals surface area (Å²) in [5.41, 5.74) is 4.01. The smallest absolute Gasteiger partial charge is 0.167 e. The number of ether oxygens (including phenoxy) is 1. The van der Waals surface area contributed by atoms with Gasteiger partial charge in [0.25, 0.3) is 0 Å². The van der Waals surface area contributed by atoms with Gasteiger partial charge in [0.2, 0.25) is 0 Å². The van der Waals surface area contributed by atoms with Crippen molar-refractivity contribution in [3.63, 3.8) is 0 Å². The Morgan fingerprint density at radius 1 is 1.00 bits per heavy atom. The quantitative estimate of drug-likeness (QED) is 0.702. The molecule has 4 rings (SSSR count). The maximum absolute atomic E-state index is 12.8. The van der Waals surface area contributed by atoms with Crippen molar-refractivity contribution in [1.82, 2.24) is 4.98 Å². The Balaban J connectivity index is 1.46. The van der Waals surface area contributed by atoms with Crippen LogP contribution in [-0.4, -0.2) is 10.8 Å². The minimum absolute atomic E-state index is 0.0310. The number of carbonyl (C=O) groups excluding carboxylic acids is 1. The fraction of sp³-hybridized carbons (Fsp3) is 0.182. The summed E-state index contributed by atoms with van der Waals surface area (Å²) >= 11 is 0. The van der Waals surface area contributed by atoms with Gasteiger partial charge in [-0.1, -0.05) is 42.5 Å². The summed E-state index contributed by atoms with van der Waals surface area (Å²) in [5.74, 6) is 0.976. The van der Waals surface area contributed by atoms with E-state index < -0.39 is 0 Å². The van der Waals surface area contributed by atoms with Crippen LogP contribution in [0.1, 0.15) is 27.2 Å². The summed E-state index contributed by atoms with van der Waals surface area (Å²) in [7, 11) is 0. The Kier molecular flexibility index (Phi) is 4.30. The summed E-state index contributed by atoms with van der Waals surface area (Å²) in [5, 5.41) is 0. The first kappa shape index (κ1) is 15.6. The Bertz CT molecular complexity index is 875. The van der Waals surface area contributed by atoms with Crippen LogP contribution in [0.15, 0.2) is 72.9 Å². The highest BCUT2D eigenvalue weighted by Gasteiger charge is 2.30. The van der Waals surface area contributed by atoms with E-state index in [9.17, 15) is 4.79 Å².